The second-order valence-electron chi connectivity index (χ2n) is 3.54. The van der Waals surface area contributed by atoms with E-state index in [0.717, 1.165) is 6.20 Å². The summed E-state index contributed by atoms with van der Waals surface area (Å²) in [6, 6.07) is 0. The minimum Gasteiger partial charge on any atom is -0.383 e. The van der Waals surface area contributed by atoms with Crippen molar-refractivity contribution in [2.75, 3.05) is 18.8 Å². The van der Waals surface area contributed by atoms with E-state index in [4.69, 9.17) is 5.73 Å². The standard InChI is InChI=1S/C9H13F3N4O/c1-2-3-16(5-9(10,11)12)8(17)6-4-14-15-7(6)13/h4H,2-3,5H2,1H3,(H3,13,14,15). The molecule has 0 saturated carbocycles. The Morgan fingerprint density at radius 1 is 1.59 bits per heavy atom. The fourth-order valence-corrected chi connectivity index (χ4v) is 1.38. The van der Waals surface area contributed by atoms with Gasteiger partial charge >= 0.3 is 6.18 Å². The Balaban J connectivity index is 2.84. The molecule has 0 radical (unpaired) electrons. The van der Waals surface area contributed by atoms with E-state index in [0.29, 0.717) is 11.3 Å². The van der Waals surface area contributed by atoms with Gasteiger partial charge in [0.2, 0.25) is 0 Å². The van der Waals surface area contributed by atoms with Crippen LogP contribution in [0, 0.1) is 0 Å². The van der Waals surface area contributed by atoms with Crippen LogP contribution in [-0.2, 0) is 0 Å². The third kappa shape index (κ3) is 3.65. The van der Waals surface area contributed by atoms with Crippen molar-refractivity contribution < 1.29 is 18.0 Å². The minimum absolute atomic E-state index is 0.0168. The third-order valence-corrected chi connectivity index (χ3v) is 2.05. The largest absolute Gasteiger partial charge is 0.406 e. The van der Waals surface area contributed by atoms with Crippen LogP contribution in [0.4, 0.5) is 19.0 Å². The molecule has 1 aromatic heterocycles. The Bertz CT molecular complexity index is 388. The fourth-order valence-electron chi connectivity index (χ4n) is 1.38. The van der Waals surface area contributed by atoms with Crippen LogP contribution in [0.25, 0.3) is 0 Å². The number of anilines is 1. The maximum absolute atomic E-state index is 12.3. The van der Waals surface area contributed by atoms with E-state index in [2.05, 4.69) is 10.2 Å². The number of aromatic amines is 1. The highest BCUT2D eigenvalue weighted by Gasteiger charge is 2.33. The molecule has 8 heteroatoms. The highest BCUT2D eigenvalue weighted by Crippen LogP contribution is 2.19. The highest BCUT2D eigenvalue weighted by atomic mass is 19.4. The Morgan fingerprint density at radius 3 is 2.65 bits per heavy atom. The van der Waals surface area contributed by atoms with Gasteiger partial charge in [0, 0.05) is 6.54 Å². The molecule has 0 atom stereocenters. The number of carbonyl (C=O) groups is 1. The topological polar surface area (TPSA) is 75.0 Å². The molecular formula is C9H13F3N4O. The lowest BCUT2D eigenvalue weighted by Crippen LogP contribution is -2.39. The molecule has 0 aliphatic carbocycles. The molecule has 3 N–H and O–H groups in total. The molecule has 17 heavy (non-hydrogen) atoms. The van der Waals surface area contributed by atoms with Crippen molar-refractivity contribution in [3.8, 4) is 0 Å². The Kier molecular flexibility index (Phi) is 3.97. The van der Waals surface area contributed by atoms with E-state index in [1.807, 2.05) is 0 Å². The van der Waals surface area contributed by atoms with Crippen LogP contribution in [0.15, 0.2) is 6.20 Å². The van der Waals surface area contributed by atoms with Crippen LogP contribution in [0.2, 0.25) is 0 Å². The van der Waals surface area contributed by atoms with Gasteiger partial charge in [0.05, 0.1) is 6.20 Å². The van der Waals surface area contributed by atoms with E-state index < -0.39 is 18.6 Å². The zero-order valence-electron chi connectivity index (χ0n) is 9.21. The van der Waals surface area contributed by atoms with Crippen molar-refractivity contribution in [1.29, 1.82) is 0 Å². The van der Waals surface area contributed by atoms with E-state index in [1.54, 1.807) is 6.92 Å². The second-order valence-corrected chi connectivity index (χ2v) is 3.54. The van der Waals surface area contributed by atoms with Crippen molar-refractivity contribution in [2.45, 2.75) is 19.5 Å². The van der Waals surface area contributed by atoms with Crippen molar-refractivity contribution >= 4 is 11.7 Å². The van der Waals surface area contributed by atoms with E-state index >= 15 is 0 Å². The monoisotopic (exact) mass is 250 g/mol. The van der Waals surface area contributed by atoms with Crippen LogP contribution >= 0.6 is 0 Å². The molecule has 0 unspecified atom stereocenters. The molecule has 1 heterocycles. The molecule has 96 valence electrons. The van der Waals surface area contributed by atoms with Crippen molar-refractivity contribution in [3.63, 3.8) is 0 Å². The first-order chi connectivity index (χ1) is 7.85. The summed E-state index contributed by atoms with van der Waals surface area (Å²) >= 11 is 0. The number of amides is 1. The predicted octanol–water partition coefficient (Wildman–Crippen LogP) is 1.41. The summed E-state index contributed by atoms with van der Waals surface area (Å²) in [5.74, 6) is -0.797. The summed E-state index contributed by atoms with van der Waals surface area (Å²) in [6.07, 6.45) is -2.88. The zero-order valence-corrected chi connectivity index (χ0v) is 9.21. The lowest BCUT2D eigenvalue weighted by Gasteiger charge is -2.23. The SMILES string of the molecule is CCCN(CC(F)(F)F)C(=O)c1cn[nH]c1N. The average molecular weight is 250 g/mol. The number of alkyl halides is 3. The van der Waals surface area contributed by atoms with Crippen LogP contribution < -0.4 is 5.73 Å². The first-order valence-corrected chi connectivity index (χ1v) is 5.00. The molecule has 0 aliphatic heterocycles. The Hall–Kier alpha value is -1.73. The Morgan fingerprint density at radius 2 is 2.24 bits per heavy atom. The van der Waals surface area contributed by atoms with Gasteiger partial charge in [-0.05, 0) is 6.42 Å². The van der Waals surface area contributed by atoms with Crippen molar-refractivity contribution in [3.05, 3.63) is 11.8 Å². The molecule has 0 aliphatic rings. The van der Waals surface area contributed by atoms with Gasteiger partial charge in [-0.3, -0.25) is 9.89 Å². The molecule has 0 fully saturated rings. The number of rotatable bonds is 4. The first-order valence-electron chi connectivity index (χ1n) is 5.00. The van der Waals surface area contributed by atoms with E-state index in [1.165, 1.54) is 0 Å². The van der Waals surface area contributed by atoms with Gasteiger partial charge in [-0.15, -0.1) is 0 Å². The highest BCUT2D eigenvalue weighted by molar-refractivity contribution is 5.98. The lowest BCUT2D eigenvalue weighted by atomic mass is 10.2. The van der Waals surface area contributed by atoms with Gasteiger partial charge in [-0.25, -0.2) is 0 Å². The predicted molar refractivity (Wildman–Crippen MR) is 55.2 cm³/mol. The van der Waals surface area contributed by atoms with Gasteiger partial charge in [0.25, 0.3) is 5.91 Å². The minimum atomic E-state index is -4.43. The van der Waals surface area contributed by atoms with Gasteiger partial charge in [-0.2, -0.15) is 18.3 Å². The number of carbonyl (C=O) groups excluding carboxylic acids is 1. The number of aromatic nitrogens is 2. The maximum Gasteiger partial charge on any atom is 0.406 e. The fraction of sp³-hybridized carbons (Fsp3) is 0.556. The molecule has 1 aromatic rings. The van der Waals surface area contributed by atoms with Crippen molar-refractivity contribution in [1.82, 2.24) is 15.1 Å². The maximum atomic E-state index is 12.3. The van der Waals surface area contributed by atoms with Crippen LogP contribution in [-0.4, -0.2) is 40.3 Å². The first kappa shape index (κ1) is 13.3. The van der Waals surface area contributed by atoms with Crippen molar-refractivity contribution in [2.24, 2.45) is 0 Å². The summed E-state index contributed by atoms with van der Waals surface area (Å²) < 4.78 is 36.8. The quantitative estimate of drug-likeness (QED) is 0.848. The molecule has 0 spiro atoms. The molecular weight excluding hydrogens is 237 g/mol. The molecule has 0 aromatic carbocycles. The van der Waals surface area contributed by atoms with Gasteiger partial charge in [0.1, 0.15) is 17.9 Å². The van der Waals surface area contributed by atoms with Gasteiger partial charge in [0.15, 0.2) is 0 Å². The molecule has 1 amide bonds. The van der Waals surface area contributed by atoms with E-state index in [-0.39, 0.29) is 17.9 Å². The summed E-state index contributed by atoms with van der Waals surface area (Å²) in [6.45, 7) is 0.419. The van der Waals surface area contributed by atoms with Gasteiger partial charge in [-0.1, -0.05) is 6.92 Å². The zero-order chi connectivity index (χ0) is 13.1. The number of hydrogen-bond donors (Lipinski definition) is 2. The van der Waals surface area contributed by atoms with E-state index in [9.17, 15) is 18.0 Å². The summed E-state index contributed by atoms with van der Waals surface area (Å²) in [5.41, 5.74) is 5.35. The molecule has 1 rings (SSSR count). The molecule has 0 bridgehead atoms. The third-order valence-electron chi connectivity index (χ3n) is 2.05. The average Bonchev–Trinajstić information content (AvgIpc) is 2.61. The number of H-pyrrole nitrogens is 1. The summed E-state index contributed by atoms with van der Waals surface area (Å²) in [7, 11) is 0. The van der Waals surface area contributed by atoms with Gasteiger partial charge < -0.3 is 10.6 Å². The molecule has 5 nitrogen and oxygen atoms in total. The number of hydrogen-bond acceptors (Lipinski definition) is 3. The van der Waals surface area contributed by atoms with Crippen LogP contribution in [0.3, 0.4) is 0 Å². The number of nitrogens with zero attached hydrogens (tertiary/aromatic N) is 2. The molecule has 0 saturated heterocycles. The summed E-state index contributed by atoms with van der Waals surface area (Å²) in [4.78, 5) is 12.5. The Labute approximate surface area is 95.8 Å². The summed E-state index contributed by atoms with van der Waals surface area (Å²) in [5, 5.41) is 5.81. The van der Waals surface area contributed by atoms with Crippen LogP contribution in [0.5, 0.6) is 0 Å². The number of halogens is 3. The second kappa shape index (κ2) is 5.07. The number of nitrogens with one attached hydrogen (secondary N) is 1. The lowest BCUT2D eigenvalue weighted by molar-refractivity contribution is -0.140. The number of nitrogen functional groups attached to an aromatic ring is 1. The number of nitrogens with two attached hydrogens (primary N) is 1. The smallest absolute Gasteiger partial charge is 0.383 e. The normalized spacial score (nSPS) is 11.5. The van der Waals surface area contributed by atoms with Crippen LogP contribution in [0.1, 0.15) is 23.7 Å².